The fourth-order valence-electron chi connectivity index (χ4n) is 2.52. The lowest BCUT2D eigenvalue weighted by Crippen LogP contribution is -2.43. The third-order valence-electron chi connectivity index (χ3n) is 3.63. The van der Waals surface area contributed by atoms with Crippen molar-refractivity contribution < 1.29 is 17.7 Å². The highest BCUT2D eigenvalue weighted by molar-refractivity contribution is 9.10. The van der Waals surface area contributed by atoms with Crippen molar-refractivity contribution in [1.82, 2.24) is 10.1 Å². The first kappa shape index (κ1) is 14.5. The van der Waals surface area contributed by atoms with Gasteiger partial charge < -0.3 is 10.3 Å². The molecular weight excluding hydrogens is 351 g/mol. The first-order valence-electron chi connectivity index (χ1n) is 6.25. The molecular formula is C13H11BrF3N3O. The third-order valence-corrected chi connectivity index (χ3v) is 4.12. The topological polar surface area (TPSA) is 64.9 Å². The largest absolute Gasteiger partial charge is 0.471 e. The Balaban J connectivity index is 1.92. The fraction of sp³-hybridized carbons (Fsp3) is 0.385. The van der Waals surface area contributed by atoms with E-state index in [-0.39, 0.29) is 5.82 Å². The summed E-state index contributed by atoms with van der Waals surface area (Å²) in [4.78, 5) is 3.43. The second kappa shape index (κ2) is 4.81. The quantitative estimate of drug-likeness (QED) is 0.846. The first-order chi connectivity index (χ1) is 9.78. The van der Waals surface area contributed by atoms with E-state index in [0.717, 1.165) is 15.6 Å². The summed E-state index contributed by atoms with van der Waals surface area (Å²) >= 11 is 3.39. The molecule has 0 saturated carbocycles. The molecule has 2 N–H and O–H groups in total. The van der Waals surface area contributed by atoms with Crippen LogP contribution in [-0.4, -0.2) is 10.1 Å². The van der Waals surface area contributed by atoms with Gasteiger partial charge in [-0.15, -0.1) is 0 Å². The summed E-state index contributed by atoms with van der Waals surface area (Å²) in [5, 5.41) is 3.43. The number of fused-ring (bicyclic) bond motifs is 1. The Bertz CT molecular complexity index is 686. The molecule has 1 unspecified atom stereocenters. The molecule has 1 aromatic carbocycles. The van der Waals surface area contributed by atoms with Gasteiger partial charge in [0, 0.05) is 4.47 Å². The van der Waals surface area contributed by atoms with E-state index in [2.05, 4.69) is 30.6 Å². The Kier molecular flexibility index (Phi) is 3.32. The first-order valence-corrected chi connectivity index (χ1v) is 7.05. The number of hydrogen-bond donors (Lipinski definition) is 1. The normalized spacial score (nSPS) is 22.1. The molecule has 0 radical (unpaired) electrons. The second-order valence-corrected chi connectivity index (χ2v) is 6.08. The van der Waals surface area contributed by atoms with Crippen LogP contribution in [0.25, 0.3) is 0 Å². The summed E-state index contributed by atoms with van der Waals surface area (Å²) in [6.45, 7) is 0. The minimum Gasteiger partial charge on any atom is -0.329 e. The summed E-state index contributed by atoms with van der Waals surface area (Å²) in [6.07, 6.45) is -3.15. The van der Waals surface area contributed by atoms with Crippen LogP contribution in [-0.2, 0) is 24.6 Å². The number of hydrogen-bond acceptors (Lipinski definition) is 4. The van der Waals surface area contributed by atoms with Gasteiger partial charge in [0.2, 0.25) is 0 Å². The fourth-order valence-corrected chi connectivity index (χ4v) is 2.93. The van der Waals surface area contributed by atoms with Crippen molar-refractivity contribution in [2.24, 2.45) is 5.73 Å². The van der Waals surface area contributed by atoms with Crippen molar-refractivity contribution in [2.45, 2.75) is 31.0 Å². The molecule has 4 nitrogen and oxygen atoms in total. The number of aromatic nitrogens is 2. The monoisotopic (exact) mass is 361 g/mol. The van der Waals surface area contributed by atoms with Gasteiger partial charge in [-0.05, 0) is 42.5 Å². The van der Waals surface area contributed by atoms with Crippen molar-refractivity contribution in [1.29, 1.82) is 0 Å². The van der Waals surface area contributed by atoms with Crippen molar-refractivity contribution >= 4 is 15.9 Å². The number of alkyl halides is 3. The number of aryl methyl sites for hydroxylation is 1. The van der Waals surface area contributed by atoms with Gasteiger partial charge in [-0.2, -0.15) is 18.2 Å². The lowest BCUT2D eigenvalue weighted by Gasteiger charge is -2.32. The van der Waals surface area contributed by atoms with E-state index >= 15 is 0 Å². The molecule has 1 aliphatic rings. The smallest absolute Gasteiger partial charge is 0.329 e. The zero-order valence-corrected chi connectivity index (χ0v) is 12.3. The van der Waals surface area contributed by atoms with E-state index in [1.54, 1.807) is 0 Å². The standard InChI is InChI=1S/C13H11BrF3N3O/c14-9-2-1-8-6-12(18,4-3-7(8)5-9)10-19-11(21-20-10)13(15,16)17/h1-2,5H,3-4,6,18H2. The van der Waals surface area contributed by atoms with Crippen molar-refractivity contribution in [2.75, 3.05) is 0 Å². The van der Waals surface area contributed by atoms with E-state index in [0.29, 0.717) is 19.3 Å². The average molecular weight is 362 g/mol. The van der Waals surface area contributed by atoms with Gasteiger partial charge in [-0.25, -0.2) is 0 Å². The predicted molar refractivity (Wildman–Crippen MR) is 71.3 cm³/mol. The number of nitrogens with zero attached hydrogens (tertiary/aromatic N) is 2. The van der Waals surface area contributed by atoms with Crippen molar-refractivity contribution in [3.63, 3.8) is 0 Å². The van der Waals surface area contributed by atoms with Gasteiger partial charge in [0.15, 0.2) is 5.82 Å². The molecule has 0 amide bonds. The molecule has 1 heterocycles. The zero-order chi connectivity index (χ0) is 15.3. The van der Waals surface area contributed by atoms with Crippen LogP contribution >= 0.6 is 15.9 Å². The van der Waals surface area contributed by atoms with Gasteiger partial charge in [0.05, 0.1) is 5.54 Å². The van der Waals surface area contributed by atoms with E-state index in [4.69, 9.17) is 5.73 Å². The highest BCUT2D eigenvalue weighted by Crippen LogP contribution is 2.36. The summed E-state index contributed by atoms with van der Waals surface area (Å²) in [6, 6.07) is 5.78. The zero-order valence-electron chi connectivity index (χ0n) is 10.7. The van der Waals surface area contributed by atoms with E-state index in [1.165, 1.54) is 0 Å². The molecule has 0 aliphatic heterocycles. The Hall–Kier alpha value is -1.41. The van der Waals surface area contributed by atoms with Crippen LogP contribution in [0.1, 0.15) is 29.3 Å². The number of benzene rings is 1. The predicted octanol–water partition coefficient (Wildman–Crippen LogP) is 3.19. The Labute approximate surface area is 126 Å². The molecule has 2 aromatic rings. The minimum atomic E-state index is -4.65. The molecule has 3 rings (SSSR count). The van der Waals surface area contributed by atoms with Crippen LogP contribution < -0.4 is 5.73 Å². The average Bonchev–Trinajstić information content (AvgIpc) is 2.89. The Morgan fingerprint density at radius 2 is 2.05 bits per heavy atom. The van der Waals surface area contributed by atoms with Gasteiger partial charge in [-0.1, -0.05) is 27.2 Å². The minimum absolute atomic E-state index is 0.0941. The molecule has 0 saturated heterocycles. The molecule has 0 fully saturated rings. The van der Waals surface area contributed by atoms with E-state index in [9.17, 15) is 13.2 Å². The van der Waals surface area contributed by atoms with Gasteiger partial charge in [-0.3, -0.25) is 0 Å². The number of rotatable bonds is 1. The van der Waals surface area contributed by atoms with Crippen LogP contribution in [0.2, 0.25) is 0 Å². The highest BCUT2D eigenvalue weighted by Gasteiger charge is 2.42. The highest BCUT2D eigenvalue weighted by atomic mass is 79.9. The molecule has 0 spiro atoms. The molecule has 1 atom stereocenters. The molecule has 0 bridgehead atoms. The SMILES string of the molecule is NC1(c2noc(C(F)(F)F)n2)CCc2cc(Br)ccc2C1. The molecule has 112 valence electrons. The molecule has 21 heavy (non-hydrogen) atoms. The summed E-state index contributed by atoms with van der Waals surface area (Å²) in [5.41, 5.74) is 7.31. The summed E-state index contributed by atoms with van der Waals surface area (Å²) in [5.74, 6) is -1.45. The van der Waals surface area contributed by atoms with Crippen LogP contribution in [0.5, 0.6) is 0 Å². The Morgan fingerprint density at radius 1 is 1.29 bits per heavy atom. The van der Waals surface area contributed by atoms with Crippen molar-refractivity contribution in [3.8, 4) is 0 Å². The Morgan fingerprint density at radius 3 is 2.71 bits per heavy atom. The van der Waals surface area contributed by atoms with E-state index in [1.807, 2.05) is 18.2 Å². The number of nitrogens with two attached hydrogens (primary N) is 1. The third kappa shape index (κ3) is 2.69. The maximum atomic E-state index is 12.5. The van der Waals surface area contributed by atoms with E-state index < -0.39 is 17.6 Å². The van der Waals surface area contributed by atoms with Gasteiger partial charge >= 0.3 is 12.1 Å². The van der Waals surface area contributed by atoms with Crippen LogP contribution in [0.3, 0.4) is 0 Å². The molecule has 1 aromatic heterocycles. The van der Waals surface area contributed by atoms with Crippen LogP contribution in [0.4, 0.5) is 13.2 Å². The summed E-state index contributed by atoms with van der Waals surface area (Å²) in [7, 11) is 0. The maximum absolute atomic E-state index is 12.5. The van der Waals surface area contributed by atoms with Gasteiger partial charge in [0.1, 0.15) is 0 Å². The number of halogens is 4. The lowest BCUT2D eigenvalue weighted by molar-refractivity contribution is -0.159. The molecule has 1 aliphatic carbocycles. The van der Waals surface area contributed by atoms with Crippen molar-refractivity contribution in [3.05, 3.63) is 45.5 Å². The van der Waals surface area contributed by atoms with Crippen LogP contribution in [0.15, 0.2) is 27.2 Å². The second-order valence-electron chi connectivity index (χ2n) is 5.17. The molecule has 8 heteroatoms. The van der Waals surface area contributed by atoms with Crippen LogP contribution in [0, 0.1) is 0 Å². The van der Waals surface area contributed by atoms with Gasteiger partial charge in [0.25, 0.3) is 0 Å². The lowest BCUT2D eigenvalue weighted by atomic mass is 9.78. The summed E-state index contributed by atoms with van der Waals surface area (Å²) < 4.78 is 42.8. The maximum Gasteiger partial charge on any atom is 0.471 e.